The zero-order valence-electron chi connectivity index (χ0n) is 18.2. The number of methoxy groups -OCH3 is 1. The van der Waals surface area contributed by atoms with Crippen LogP contribution in [-0.2, 0) is 11.2 Å². The van der Waals surface area contributed by atoms with Gasteiger partial charge in [0.25, 0.3) is 0 Å². The molecule has 0 aliphatic carbocycles. The number of hydrogen-bond donors (Lipinski definition) is 1. The number of benzene rings is 2. The summed E-state index contributed by atoms with van der Waals surface area (Å²) in [4.78, 5) is 18.0. The normalized spacial score (nSPS) is 10.8. The van der Waals surface area contributed by atoms with E-state index in [1.807, 2.05) is 50.4 Å². The molecule has 168 valence electrons. The number of pyridine rings is 1. The number of thioether (sulfide) groups is 1. The second kappa shape index (κ2) is 10.9. The molecular weight excluding hydrogens is 467 g/mol. The van der Waals surface area contributed by atoms with E-state index in [0.29, 0.717) is 22.3 Å². The number of ether oxygens (including phenoxy) is 2. The van der Waals surface area contributed by atoms with E-state index in [2.05, 4.69) is 10.3 Å². The summed E-state index contributed by atoms with van der Waals surface area (Å²) in [5, 5.41) is 3.37. The number of nitrogens with one attached hydrogen (secondary N) is 1. The highest BCUT2D eigenvalue weighted by molar-refractivity contribution is 7.98. The lowest BCUT2D eigenvalue weighted by Crippen LogP contribution is -2.14. The molecule has 0 unspecified atom stereocenters. The van der Waals surface area contributed by atoms with Gasteiger partial charge in [0.15, 0.2) is 5.75 Å². The van der Waals surface area contributed by atoms with Crippen LogP contribution in [0.2, 0.25) is 10.0 Å². The SMILES string of the molecule is COc1ncc(Oc2c(Cl)ccc(NC(=O)Cc3ccc(SC)cc3)c2Cl)cc1C(C)C. The van der Waals surface area contributed by atoms with Crippen LogP contribution in [0.3, 0.4) is 0 Å². The standard InChI is InChI=1S/C24H24Cl2N2O3S/c1-14(2)18-12-16(13-27-24(18)30-3)31-23-19(25)9-10-20(22(23)26)28-21(29)11-15-5-7-17(32-4)8-6-15/h5-10,12-14H,11H2,1-4H3,(H,28,29). The summed E-state index contributed by atoms with van der Waals surface area (Å²) in [6.07, 6.45) is 3.78. The van der Waals surface area contributed by atoms with E-state index in [1.54, 1.807) is 37.2 Å². The van der Waals surface area contributed by atoms with Gasteiger partial charge in [-0.25, -0.2) is 4.98 Å². The average Bonchev–Trinajstić information content (AvgIpc) is 2.79. The highest BCUT2D eigenvalue weighted by Crippen LogP contribution is 2.41. The van der Waals surface area contributed by atoms with Gasteiger partial charge in [-0.15, -0.1) is 11.8 Å². The van der Waals surface area contributed by atoms with Crippen molar-refractivity contribution in [1.29, 1.82) is 0 Å². The molecule has 0 aliphatic rings. The van der Waals surface area contributed by atoms with Crippen molar-refractivity contribution in [3.05, 3.63) is 69.8 Å². The van der Waals surface area contributed by atoms with Crippen LogP contribution in [0.1, 0.15) is 30.9 Å². The molecule has 0 spiro atoms. The van der Waals surface area contributed by atoms with Gasteiger partial charge in [0, 0.05) is 10.5 Å². The van der Waals surface area contributed by atoms with Gasteiger partial charge >= 0.3 is 0 Å². The first-order valence-electron chi connectivity index (χ1n) is 9.95. The quantitative estimate of drug-likeness (QED) is 0.337. The number of nitrogens with zero attached hydrogens (tertiary/aromatic N) is 1. The zero-order chi connectivity index (χ0) is 23.3. The van der Waals surface area contributed by atoms with Crippen LogP contribution in [0.15, 0.2) is 53.6 Å². The van der Waals surface area contributed by atoms with Gasteiger partial charge < -0.3 is 14.8 Å². The van der Waals surface area contributed by atoms with E-state index >= 15 is 0 Å². The Morgan fingerprint density at radius 3 is 2.50 bits per heavy atom. The molecule has 0 fully saturated rings. The van der Waals surface area contributed by atoms with Crippen molar-refractivity contribution in [3.63, 3.8) is 0 Å². The lowest BCUT2D eigenvalue weighted by atomic mass is 10.1. The first kappa shape index (κ1) is 24.2. The minimum absolute atomic E-state index is 0.183. The molecule has 3 aromatic rings. The molecule has 1 heterocycles. The molecule has 1 aromatic heterocycles. The van der Waals surface area contributed by atoms with Crippen LogP contribution >= 0.6 is 35.0 Å². The summed E-state index contributed by atoms with van der Waals surface area (Å²) in [5.41, 5.74) is 2.23. The summed E-state index contributed by atoms with van der Waals surface area (Å²) < 4.78 is 11.3. The summed E-state index contributed by atoms with van der Waals surface area (Å²) in [6, 6.07) is 13.0. The first-order chi connectivity index (χ1) is 15.3. The molecule has 5 nitrogen and oxygen atoms in total. The van der Waals surface area contributed by atoms with Crippen molar-refractivity contribution < 1.29 is 14.3 Å². The molecule has 8 heteroatoms. The molecule has 0 aliphatic heterocycles. The maximum atomic E-state index is 12.6. The van der Waals surface area contributed by atoms with E-state index < -0.39 is 0 Å². The number of anilines is 1. The number of carbonyl (C=O) groups is 1. The zero-order valence-corrected chi connectivity index (χ0v) is 20.6. The fraction of sp³-hybridized carbons (Fsp3) is 0.250. The predicted octanol–water partition coefficient (Wildman–Crippen LogP) is 7.22. The Labute approximate surface area is 202 Å². The van der Waals surface area contributed by atoms with Crippen LogP contribution < -0.4 is 14.8 Å². The molecule has 3 rings (SSSR count). The van der Waals surface area contributed by atoms with Crippen molar-refractivity contribution >= 4 is 46.6 Å². The maximum Gasteiger partial charge on any atom is 0.228 e. The second-order valence-electron chi connectivity index (χ2n) is 7.34. The largest absolute Gasteiger partial charge is 0.481 e. The maximum absolute atomic E-state index is 12.6. The van der Waals surface area contributed by atoms with Gasteiger partial charge in [0.2, 0.25) is 11.8 Å². The first-order valence-corrected chi connectivity index (χ1v) is 11.9. The second-order valence-corrected chi connectivity index (χ2v) is 9.00. The van der Waals surface area contributed by atoms with Crippen LogP contribution in [0.25, 0.3) is 0 Å². The van der Waals surface area contributed by atoms with E-state index in [-0.39, 0.29) is 29.0 Å². The van der Waals surface area contributed by atoms with Crippen molar-refractivity contribution in [3.8, 4) is 17.4 Å². The third-order valence-corrected chi connectivity index (χ3v) is 6.15. The number of hydrogen-bond acceptors (Lipinski definition) is 5. The van der Waals surface area contributed by atoms with Gasteiger partial charge in [0.1, 0.15) is 10.8 Å². The molecular formula is C24H24Cl2N2O3S. The number of carbonyl (C=O) groups excluding carboxylic acids is 1. The lowest BCUT2D eigenvalue weighted by molar-refractivity contribution is -0.115. The number of amides is 1. The van der Waals surface area contributed by atoms with E-state index in [4.69, 9.17) is 32.7 Å². The third kappa shape index (κ3) is 5.88. The Bertz CT molecular complexity index is 1110. The predicted molar refractivity (Wildman–Crippen MR) is 132 cm³/mol. The smallest absolute Gasteiger partial charge is 0.228 e. The minimum atomic E-state index is -0.190. The molecule has 2 aromatic carbocycles. The number of aromatic nitrogens is 1. The van der Waals surface area contributed by atoms with E-state index in [9.17, 15) is 4.79 Å². The van der Waals surface area contributed by atoms with Gasteiger partial charge in [-0.3, -0.25) is 4.79 Å². The van der Waals surface area contributed by atoms with Crippen molar-refractivity contribution in [2.24, 2.45) is 0 Å². The van der Waals surface area contributed by atoms with Crippen LogP contribution in [-0.4, -0.2) is 24.3 Å². The molecule has 1 N–H and O–H groups in total. The number of rotatable bonds is 8. The average molecular weight is 491 g/mol. The summed E-state index contributed by atoms with van der Waals surface area (Å²) in [5.74, 6) is 1.25. The summed E-state index contributed by atoms with van der Waals surface area (Å²) >= 11 is 14.5. The molecule has 0 radical (unpaired) electrons. The Hall–Kier alpha value is -2.41. The summed E-state index contributed by atoms with van der Waals surface area (Å²) in [6.45, 7) is 4.07. The van der Waals surface area contributed by atoms with Crippen LogP contribution in [0.5, 0.6) is 17.4 Å². The molecule has 0 bridgehead atoms. The fourth-order valence-electron chi connectivity index (χ4n) is 3.05. The minimum Gasteiger partial charge on any atom is -0.481 e. The van der Waals surface area contributed by atoms with Crippen molar-refractivity contribution in [2.75, 3.05) is 18.7 Å². The van der Waals surface area contributed by atoms with Gasteiger partial charge in [-0.2, -0.15) is 0 Å². The monoisotopic (exact) mass is 490 g/mol. The van der Waals surface area contributed by atoms with Gasteiger partial charge in [-0.1, -0.05) is 49.2 Å². The fourth-order valence-corrected chi connectivity index (χ4v) is 3.96. The third-order valence-electron chi connectivity index (χ3n) is 4.74. The van der Waals surface area contributed by atoms with E-state index in [0.717, 1.165) is 16.0 Å². The van der Waals surface area contributed by atoms with Gasteiger partial charge in [-0.05, 0) is 48.1 Å². The Kier molecular flexibility index (Phi) is 8.29. The summed E-state index contributed by atoms with van der Waals surface area (Å²) in [7, 11) is 1.58. The molecule has 1 amide bonds. The van der Waals surface area contributed by atoms with Gasteiger partial charge in [0.05, 0.1) is 30.4 Å². The van der Waals surface area contributed by atoms with E-state index in [1.165, 1.54) is 0 Å². The number of halogens is 2. The van der Waals surface area contributed by atoms with Crippen molar-refractivity contribution in [1.82, 2.24) is 4.98 Å². The highest BCUT2D eigenvalue weighted by atomic mass is 35.5. The molecule has 0 atom stereocenters. The Morgan fingerprint density at radius 2 is 1.88 bits per heavy atom. The van der Waals surface area contributed by atoms with Crippen molar-refractivity contribution in [2.45, 2.75) is 31.1 Å². The molecule has 0 saturated carbocycles. The molecule has 0 saturated heterocycles. The van der Waals surface area contributed by atoms with Crippen LogP contribution in [0, 0.1) is 0 Å². The lowest BCUT2D eigenvalue weighted by Gasteiger charge is -2.16. The Balaban J connectivity index is 1.79. The molecule has 32 heavy (non-hydrogen) atoms. The highest BCUT2D eigenvalue weighted by Gasteiger charge is 2.17. The Morgan fingerprint density at radius 1 is 1.16 bits per heavy atom. The van der Waals surface area contributed by atoms with Crippen LogP contribution in [0.4, 0.5) is 5.69 Å². The topological polar surface area (TPSA) is 60.5 Å².